The van der Waals surface area contributed by atoms with Crippen molar-refractivity contribution in [3.8, 4) is 0 Å². The van der Waals surface area contributed by atoms with Crippen molar-refractivity contribution < 1.29 is 22.4 Å². The Morgan fingerprint density at radius 3 is 2.53 bits per heavy atom. The van der Waals surface area contributed by atoms with Crippen molar-refractivity contribution in [1.29, 1.82) is 0 Å². The van der Waals surface area contributed by atoms with Crippen LogP contribution in [0.5, 0.6) is 0 Å². The minimum atomic E-state index is -4.65. The Bertz CT molecular complexity index is 403. The van der Waals surface area contributed by atoms with Crippen LogP contribution in [0.25, 0.3) is 0 Å². The number of Topliss-reactive ketones (excluding diaryl/α,β-unsaturated/α-hetero) is 1. The van der Waals surface area contributed by atoms with E-state index in [-0.39, 0.29) is 11.9 Å². The highest BCUT2D eigenvalue weighted by Crippen LogP contribution is 2.25. The van der Waals surface area contributed by atoms with Gasteiger partial charge in [0, 0.05) is 6.04 Å². The summed E-state index contributed by atoms with van der Waals surface area (Å²) in [7, 11) is 0. The minimum absolute atomic E-state index is 0.0506. The van der Waals surface area contributed by atoms with Crippen LogP contribution in [0.3, 0.4) is 0 Å². The molecule has 96 valence electrons. The van der Waals surface area contributed by atoms with Crippen molar-refractivity contribution >= 4 is 5.78 Å². The Morgan fingerprint density at radius 1 is 1.47 bits per heavy atom. The summed E-state index contributed by atoms with van der Waals surface area (Å²) in [5.74, 6) is -6.55. The maximum absolute atomic E-state index is 12.7. The summed E-state index contributed by atoms with van der Waals surface area (Å²) in [4.78, 5) is 14.6. The summed E-state index contributed by atoms with van der Waals surface area (Å²) in [5.41, 5.74) is 0. The van der Waals surface area contributed by atoms with E-state index in [1.54, 1.807) is 13.8 Å². The van der Waals surface area contributed by atoms with Crippen LogP contribution in [0.15, 0.2) is 6.33 Å². The summed E-state index contributed by atoms with van der Waals surface area (Å²) < 4.78 is 50.5. The van der Waals surface area contributed by atoms with Crippen molar-refractivity contribution in [2.45, 2.75) is 38.7 Å². The van der Waals surface area contributed by atoms with Gasteiger partial charge in [0.25, 0.3) is 0 Å². The van der Waals surface area contributed by atoms with Crippen molar-refractivity contribution in [2.75, 3.05) is 0 Å². The van der Waals surface area contributed by atoms with Gasteiger partial charge >= 0.3 is 12.3 Å². The molecule has 4 nitrogen and oxygen atoms in total. The van der Waals surface area contributed by atoms with Crippen LogP contribution in [0.1, 0.15) is 25.7 Å². The van der Waals surface area contributed by atoms with E-state index in [4.69, 9.17) is 0 Å². The minimum Gasteiger partial charge on any atom is -0.292 e. The summed E-state index contributed by atoms with van der Waals surface area (Å²) in [6.45, 7) is 3.40. The fourth-order valence-corrected chi connectivity index (χ4v) is 1.22. The van der Waals surface area contributed by atoms with Gasteiger partial charge in [-0.1, -0.05) is 0 Å². The average Bonchev–Trinajstić information content (AvgIpc) is 2.65. The largest absolute Gasteiger partial charge is 0.364 e. The molecule has 8 heteroatoms. The second kappa shape index (κ2) is 4.80. The van der Waals surface area contributed by atoms with Gasteiger partial charge < -0.3 is 0 Å². The fraction of sp³-hybridized carbons (Fsp3) is 0.667. The van der Waals surface area contributed by atoms with Gasteiger partial charge in [-0.2, -0.15) is 13.9 Å². The number of alkyl halides is 4. The smallest absolute Gasteiger partial charge is 0.292 e. The molecule has 0 spiro atoms. The molecule has 1 rings (SSSR count). The number of aromatic nitrogens is 3. The highest BCUT2D eigenvalue weighted by Gasteiger charge is 2.48. The third-order valence-electron chi connectivity index (χ3n) is 2.10. The Balaban J connectivity index is 2.85. The van der Waals surface area contributed by atoms with Crippen LogP contribution >= 0.6 is 0 Å². The van der Waals surface area contributed by atoms with Crippen LogP contribution in [-0.4, -0.2) is 32.9 Å². The van der Waals surface area contributed by atoms with Gasteiger partial charge in [-0.3, -0.25) is 4.79 Å². The van der Waals surface area contributed by atoms with Crippen LogP contribution in [-0.2, 0) is 11.2 Å². The molecule has 0 aromatic carbocycles. The molecule has 1 heterocycles. The standard InChI is InChI=1S/C9H11F4N3O/c1-5(2)16-7(14-4-15-16)3-6(17)9(12,13)8(10)11/h4-5,8H,3H2,1-2H3. The Morgan fingerprint density at radius 2 is 2.06 bits per heavy atom. The molecule has 0 radical (unpaired) electrons. The molecule has 0 saturated heterocycles. The first-order chi connectivity index (χ1) is 7.76. The summed E-state index contributed by atoms with van der Waals surface area (Å²) in [6, 6.07) is -0.194. The molecule has 0 fully saturated rings. The zero-order valence-corrected chi connectivity index (χ0v) is 9.20. The van der Waals surface area contributed by atoms with Crippen molar-refractivity contribution in [2.24, 2.45) is 0 Å². The van der Waals surface area contributed by atoms with E-state index in [9.17, 15) is 22.4 Å². The Kier molecular flexibility index (Phi) is 3.84. The van der Waals surface area contributed by atoms with E-state index in [1.807, 2.05) is 0 Å². The first-order valence-electron chi connectivity index (χ1n) is 4.84. The van der Waals surface area contributed by atoms with Gasteiger partial charge in [0.1, 0.15) is 12.2 Å². The van der Waals surface area contributed by atoms with Crippen LogP contribution in [0.4, 0.5) is 17.6 Å². The molecule has 1 aromatic rings. The second-order valence-electron chi connectivity index (χ2n) is 3.74. The number of ketones is 1. The van der Waals surface area contributed by atoms with Crippen LogP contribution in [0, 0.1) is 0 Å². The number of hydrogen-bond acceptors (Lipinski definition) is 3. The molecular weight excluding hydrogens is 242 g/mol. The number of rotatable bonds is 5. The molecule has 0 aliphatic carbocycles. The molecule has 0 atom stereocenters. The average molecular weight is 253 g/mol. The van der Waals surface area contributed by atoms with E-state index in [2.05, 4.69) is 10.1 Å². The number of hydrogen-bond donors (Lipinski definition) is 0. The molecule has 0 aliphatic heterocycles. The molecular formula is C9H11F4N3O. The molecule has 0 aliphatic rings. The Hall–Kier alpha value is -1.47. The predicted molar refractivity (Wildman–Crippen MR) is 50.1 cm³/mol. The van der Waals surface area contributed by atoms with E-state index in [0.29, 0.717) is 0 Å². The molecule has 1 aromatic heterocycles. The highest BCUT2D eigenvalue weighted by atomic mass is 19.3. The van der Waals surface area contributed by atoms with E-state index >= 15 is 0 Å². The summed E-state index contributed by atoms with van der Waals surface area (Å²) >= 11 is 0. The summed E-state index contributed by atoms with van der Waals surface area (Å²) in [6.07, 6.45) is -3.79. The lowest BCUT2D eigenvalue weighted by atomic mass is 10.1. The van der Waals surface area contributed by atoms with Gasteiger partial charge in [0.2, 0.25) is 5.78 Å². The second-order valence-corrected chi connectivity index (χ2v) is 3.74. The van der Waals surface area contributed by atoms with Gasteiger partial charge in [-0.05, 0) is 13.8 Å². The molecule has 0 saturated carbocycles. The third kappa shape index (κ3) is 2.80. The molecule has 0 amide bonds. The number of carbonyl (C=O) groups excluding carboxylic acids is 1. The monoisotopic (exact) mass is 253 g/mol. The van der Waals surface area contributed by atoms with Crippen molar-refractivity contribution in [1.82, 2.24) is 14.8 Å². The molecule has 0 unspecified atom stereocenters. The normalized spacial score (nSPS) is 12.5. The topological polar surface area (TPSA) is 47.8 Å². The first-order valence-corrected chi connectivity index (χ1v) is 4.84. The molecule has 17 heavy (non-hydrogen) atoms. The lowest BCUT2D eigenvalue weighted by molar-refractivity contribution is -0.166. The summed E-state index contributed by atoms with van der Waals surface area (Å²) in [5, 5.41) is 3.72. The first kappa shape index (κ1) is 13.6. The van der Waals surface area contributed by atoms with Crippen molar-refractivity contribution in [3.05, 3.63) is 12.2 Å². The molecule has 0 bridgehead atoms. The van der Waals surface area contributed by atoms with Gasteiger partial charge in [0.05, 0.1) is 6.42 Å². The van der Waals surface area contributed by atoms with Gasteiger partial charge in [-0.25, -0.2) is 18.4 Å². The van der Waals surface area contributed by atoms with Gasteiger partial charge in [-0.15, -0.1) is 0 Å². The van der Waals surface area contributed by atoms with E-state index in [1.165, 1.54) is 4.68 Å². The number of nitrogens with zero attached hydrogens (tertiary/aromatic N) is 3. The maximum atomic E-state index is 12.7. The lowest BCUT2D eigenvalue weighted by Gasteiger charge is -2.14. The van der Waals surface area contributed by atoms with E-state index in [0.717, 1.165) is 6.33 Å². The predicted octanol–water partition coefficient (Wildman–Crippen LogP) is 1.87. The van der Waals surface area contributed by atoms with E-state index < -0.39 is 24.6 Å². The number of halogens is 4. The van der Waals surface area contributed by atoms with Crippen molar-refractivity contribution in [3.63, 3.8) is 0 Å². The zero-order valence-electron chi connectivity index (χ0n) is 9.20. The fourth-order valence-electron chi connectivity index (χ4n) is 1.22. The number of carbonyl (C=O) groups is 1. The lowest BCUT2D eigenvalue weighted by Crippen LogP contribution is -2.38. The molecule has 0 N–H and O–H groups in total. The third-order valence-corrected chi connectivity index (χ3v) is 2.10. The quantitative estimate of drug-likeness (QED) is 0.752. The van der Waals surface area contributed by atoms with Crippen LogP contribution < -0.4 is 0 Å². The maximum Gasteiger partial charge on any atom is 0.364 e. The highest BCUT2D eigenvalue weighted by molar-refractivity contribution is 5.87. The van der Waals surface area contributed by atoms with Gasteiger partial charge in [0.15, 0.2) is 0 Å². The Labute approximate surface area is 94.6 Å². The SMILES string of the molecule is CC(C)n1ncnc1CC(=O)C(F)(F)C(F)F. The zero-order chi connectivity index (χ0) is 13.2. The van der Waals surface area contributed by atoms with Crippen LogP contribution in [0.2, 0.25) is 0 Å².